The maximum Gasteiger partial charge on any atom is 0.164 e. The fourth-order valence-corrected chi connectivity index (χ4v) is 2.71. The summed E-state index contributed by atoms with van der Waals surface area (Å²) in [5.41, 5.74) is 2.35. The minimum absolute atomic E-state index is 0.491. The Balaban J connectivity index is 2.43. The highest BCUT2D eigenvalue weighted by atomic mass is 79.9. The molecule has 1 heterocycles. The van der Waals surface area contributed by atoms with Crippen LogP contribution in [0.4, 0.5) is 0 Å². The predicted molar refractivity (Wildman–Crippen MR) is 68.4 cm³/mol. The smallest absolute Gasteiger partial charge is 0.164 e. The van der Waals surface area contributed by atoms with E-state index in [4.69, 9.17) is 15.4 Å². The second-order valence-electron chi connectivity index (χ2n) is 3.81. The molecular formula is C12H16BrNO3. The van der Waals surface area contributed by atoms with E-state index in [0.717, 1.165) is 28.8 Å². The number of benzene rings is 1. The Kier molecular flexibility index (Phi) is 4.25. The standard InChI is InChI=1S/C12H16BrNO3/c1-2-8-9(3-4-17-14)10(13)7-11-12(8)16-6-5-15-11/h7H,2-6,14H2,1H3. The lowest BCUT2D eigenvalue weighted by molar-refractivity contribution is 0.140. The lowest BCUT2D eigenvalue weighted by Gasteiger charge is -2.23. The summed E-state index contributed by atoms with van der Waals surface area (Å²) < 4.78 is 12.3. The molecule has 0 amide bonds. The third-order valence-corrected chi connectivity index (χ3v) is 3.53. The molecule has 0 spiro atoms. The Hall–Kier alpha value is -0.780. The molecule has 1 aliphatic rings. The van der Waals surface area contributed by atoms with Crippen molar-refractivity contribution in [2.45, 2.75) is 19.8 Å². The van der Waals surface area contributed by atoms with Gasteiger partial charge in [0.05, 0.1) is 6.61 Å². The highest BCUT2D eigenvalue weighted by Crippen LogP contribution is 2.40. The summed E-state index contributed by atoms with van der Waals surface area (Å²) in [6.45, 7) is 3.81. The molecule has 5 heteroatoms. The van der Waals surface area contributed by atoms with Crippen LogP contribution in [0.1, 0.15) is 18.1 Å². The van der Waals surface area contributed by atoms with Crippen molar-refractivity contribution in [3.63, 3.8) is 0 Å². The van der Waals surface area contributed by atoms with E-state index in [-0.39, 0.29) is 0 Å². The molecule has 1 aromatic rings. The Morgan fingerprint density at radius 3 is 2.82 bits per heavy atom. The molecular weight excluding hydrogens is 286 g/mol. The van der Waals surface area contributed by atoms with E-state index in [1.165, 1.54) is 11.1 Å². The van der Waals surface area contributed by atoms with E-state index >= 15 is 0 Å². The number of ether oxygens (including phenoxy) is 2. The summed E-state index contributed by atoms with van der Waals surface area (Å²) in [5.74, 6) is 6.77. The van der Waals surface area contributed by atoms with Crippen LogP contribution in [-0.2, 0) is 17.7 Å². The minimum atomic E-state index is 0.491. The zero-order valence-electron chi connectivity index (χ0n) is 9.79. The molecule has 2 rings (SSSR count). The maximum atomic E-state index is 5.70. The summed E-state index contributed by atoms with van der Waals surface area (Å²) in [5, 5.41) is 0. The first kappa shape index (κ1) is 12.7. The van der Waals surface area contributed by atoms with Crippen LogP contribution >= 0.6 is 15.9 Å². The van der Waals surface area contributed by atoms with Crippen LogP contribution in [0, 0.1) is 0 Å². The number of halogens is 1. The van der Waals surface area contributed by atoms with E-state index in [9.17, 15) is 0 Å². The Morgan fingerprint density at radius 1 is 1.35 bits per heavy atom. The lowest BCUT2D eigenvalue weighted by atomic mass is 10.0. The van der Waals surface area contributed by atoms with Crippen molar-refractivity contribution in [3.8, 4) is 11.5 Å². The number of fused-ring (bicyclic) bond motifs is 1. The predicted octanol–water partition coefficient (Wildman–Crippen LogP) is 2.22. The van der Waals surface area contributed by atoms with Crippen molar-refractivity contribution in [2.75, 3.05) is 19.8 Å². The highest BCUT2D eigenvalue weighted by molar-refractivity contribution is 9.10. The van der Waals surface area contributed by atoms with Gasteiger partial charge >= 0.3 is 0 Å². The van der Waals surface area contributed by atoms with Crippen molar-refractivity contribution >= 4 is 15.9 Å². The van der Waals surface area contributed by atoms with E-state index < -0.39 is 0 Å². The number of hydrogen-bond donors (Lipinski definition) is 1. The fourth-order valence-electron chi connectivity index (χ4n) is 2.06. The summed E-state index contributed by atoms with van der Waals surface area (Å²) in [6, 6.07) is 1.96. The largest absolute Gasteiger partial charge is 0.486 e. The SMILES string of the molecule is CCc1c(CCON)c(Br)cc2c1OCCO2. The third-order valence-electron chi connectivity index (χ3n) is 2.82. The molecule has 0 atom stereocenters. The zero-order valence-corrected chi connectivity index (χ0v) is 11.4. The van der Waals surface area contributed by atoms with Gasteiger partial charge in [-0.25, -0.2) is 5.90 Å². The molecule has 0 bridgehead atoms. The average molecular weight is 302 g/mol. The molecule has 0 saturated carbocycles. The average Bonchev–Trinajstić information content (AvgIpc) is 2.35. The van der Waals surface area contributed by atoms with E-state index in [0.29, 0.717) is 19.8 Å². The van der Waals surface area contributed by atoms with Gasteiger partial charge in [-0.3, -0.25) is 0 Å². The molecule has 17 heavy (non-hydrogen) atoms. The molecule has 4 nitrogen and oxygen atoms in total. The van der Waals surface area contributed by atoms with Gasteiger partial charge < -0.3 is 14.3 Å². The summed E-state index contributed by atoms with van der Waals surface area (Å²) in [4.78, 5) is 4.65. The van der Waals surface area contributed by atoms with Gasteiger partial charge in [0, 0.05) is 10.0 Å². The zero-order chi connectivity index (χ0) is 12.3. The van der Waals surface area contributed by atoms with Crippen LogP contribution in [0.5, 0.6) is 11.5 Å². The van der Waals surface area contributed by atoms with E-state index in [1.807, 2.05) is 6.07 Å². The summed E-state index contributed by atoms with van der Waals surface area (Å²) >= 11 is 3.57. The number of rotatable bonds is 4. The molecule has 0 unspecified atom stereocenters. The molecule has 2 N–H and O–H groups in total. The third kappa shape index (κ3) is 2.56. The van der Waals surface area contributed by atoms with Gasteiger partial charge in [-0.2, -0.15) is 0 Å². The van der Waals surface area contributed by atoms with Crippen molar-refractivity contribution in [3.05, 3.63) is 21.7 Å². The van der Waals surface area contributed by atoms with Crippen LogP contribution < -0.4 is 15.4 Å². The van der Waals surface area contributed by atoms with Crippen LogP contribution in [0.3, 0.4) is 0 Å². The molecule has 0 radical (unpaired) electrons. The second-order valence-corrected chi connectivity index (χ2v) is 4.67. The minimum Gasteiger partial charge on any atom is -0.486 e. The summed E-state index contributed by atoms with van der Waals surface area (Å²) in [6.07, 6.45) is 1.65. The molecule has 1 aromatic carbocycles. The Labute approximate surface area is 109 Å². The monoisotopic (exact) mass is 301 g/mol. The maximum absolute atomic E-state index is 5.70. The van der Waals surface area contributed by atoms with Gasteiger partial charge in [0.15, 0.2) is 11.5 Å². The molecule has 0 aromatic heterocycles. The number of nitrogens with two attached hydrogens (primary N) is 1. The first-order valence-electron chi connectivity index (χ1n) is 5.69. The van der Waals surface area contributed by atoms with E-state index in [2.05, 4.69) is 27.7 Å². The fraction of sp³-hybridized carbons (Fsp3) is 0.500. The van der Waals surface area contributed by atoms with Crippen molar-refractivity contribution in [1.82, 2.24) is 0 Å². The molecule has 0 fully saturated rings. The van der Waals surface area contributed by atoms with Gasteiger partial charge in [0.2, 0.25) is 0 Å². The van der Waals surface area contributed by atoms with Gasteiger partial charge in [-0.05, 0) is 24.5 Å². The normalized spacial score (nSPS) is 13.8. The van der Waals surface area contributed by atoms with Crippen molar-refractivity contribution in [1.29, 1.82) is 0 Å². The van der Waals surface area contributed by atoms with Crippen molar-refractivity contribution < 1.29 is 14.3 Å². The number of hydrogen-bond acceptors (Lipinski definition) is 4. The van der Waals surface area contributed by atoms with Gasteiger partial charge in [-0.15, -0.1) is 0 Å². The lowest BCUT2D eigenvalue weighted by Crippen LogP contribution is -2.18. The Bertz CT molecular complexity index is 409. The highest BCUT2D eigenvalue weighted by Gasteiger charge is 2.20. The van der Waals surface area contributed by atoms with Gasteiger partial charge in [-0.1, -0.05) is 22.9 Å². The van der Waals surface area contributed by atoms with Crippen LogP contribution in [0.15, 0.2) is 10.5 Å². The van der Waals surface area contributed by atoms with E-state index in [1.54, 1.807) is 0 Å². The van der Waals surface area contributed by atoms with Gasteiger partial charge in [0.25, 0.3) is 0 Å². The van der Waals surface area contributed by atoms with Crippen LogP contribution in [0.2, 0.25) is 0 Å². The molecule has 1 aliphatic heterocycles. The Morgan fingerprint density at radius 2 is 2.12 bits per heavy atom. The summed E-state index contributed by atoms with van der Waals surface area (Å²) in [7, 11) is 0. The molecule has 0 saturated heterocycles. The topological polar surface area (TPSA) is 53.7 Å². The van der Waals surface area contributed by atoms with Crippen LogP contribution in [0.25, 0.3) is 0 Å². The first-order valence-corrected chi connectivity index (χ1v) is 6.48. The van der Waals surface area contributed by atoms with Gasteiger partial charge in [0.1, 0.15) is 13.2 Å². The molecule has 0 aliphatic carbocycles. The van der Waals surface area contributed by atoms with Crippen molar-refractivity contribution in [2.24, 2.45) is 5.90 Å². The molecule has 94 valence electrons. The quantitative estimate of drug-likeness (QED) is 0.867. The first-order chi connectivity index (χ1) is 8.27. The second kappa shape index (κ2) is 5.71. The van der Waals surface area contributed by atoms with Crippen LogP contribution in [-0.4, -0.2) is 19.8 Å².